The molecule has 1 atom stereocenters. The Hall–Kier alpha value is -1.55. The van der Waals surface area contributed by atoms with Crippen LogP contribution >= 0.6 is 0 Å². The molecule has 0 aliphatic heterocycles. The van der Waals surface area contributed by atoms with E-state index in [0.717, 1.165) is 12.2 Å². The van der Waals surface area contributed by atoms with Crippen molar-refractivity contribution in [3.63, 3.8) is 0 Å². The Balaban J connectivity index is 2.87. The number of anilines is 1. The van der Waals surface area contributed by atoms with Crippen LogP contribution in [0.1, 0.15) is 18.6 Å². The molecule has 0 aliphatic carbocycles. The molecule has 76 valence electrons. The Bertz CT molecular complexity index is 326. The van der Waals surface area contributed by atoms with Crippen LogP contribution in [-0.2, 0) is 4.79 Å². The first-order valence-electron chi connectivity index (χ1n) is 4.46. The fourth-order valence-corrected chi connectivity index (χ4v) is 1.19. The van der Waals surface area contributed by atoms with Gasteiger partial charge >= 0.3 is 0 Å². The molecule has 4 nitrogen and oxygen atoms in total. The zero-order valence-corrected chi connectivity index (χ0v) is 8.03. The molecule has 4 N–H and O–H groups in total. The highest BCUT2D eigenvalue weighted by Crippen LogP contribution is 2.16. The molecule has 0 saturated carbocycles. The minimum atomic E-state index is -1.23. The van der Waals surface area contributed by atoms with Crippen LogP contribution in [-0.4, -0.2) is 17.6 Å². The predicted octanol–water partition coefficient (Wildman–Crippen LogP) is 0.637. The van der Waals surface area contributed by atoms with Crippen molar-refractivity contribution in [3.8, 4) is 0 Å². The third kappa shape index (κ3) is 2.47. The standard InChI is InChI=1S/C10H14N2O2/c1-2-12-8-5-3-4-7(6-8)9(13)10(11)14/h3-6,9,12-13H,2H2,1H3,(H2,11,14). The summed E-state index contributed by atoms with van der Waals surface area (Å²) in [4.78, 5) is 10.7. The Morgan fingerprint density at radius 2 is 2.36 bits per heavy atom. The van der Waals surface area contributed by atoms with E-state index in [1.54, 1.807) is 18.2 Å². The van der Waals surface area contributed by atoms with Crippen LogP contribution in [0.5, 0.6) is 0 Å². The number of carbonyl (C=O) groups excluding carboxylic acids is 1. The number of nitrogens with two attached hydrogens (primary N) is 1. The summed E-state index contributed by atoms with van der Waals surface area (Å²) >= 11 is 0. The van der Waals surface area contributed by atoms with E-state index in [1.807, 2.05) is 13.0 Å². The molecule has 1 aromatic carbocycles. The summed E-state index contributed by atoms with van der Waals surface area (Å²) in [5, 5.41) is 12.5. The lowest BCUT2D eigenvalue weighted by atomic mass is 10.1. The molecule has 0 heterocycles. The number of rotatable bonds is 4. The van der Waals surface area contributed by atoms with E-state index in [0.29, 0.717) is 5.56 Å². The van der Waals surface area contributed by atoms with Gasteiger partial charge in [-0.05, 0) is 24.6 Å². The van der Waals surface area contributed by atoms with E-state index in [4.69, 9.17) is 5.73 Å². The highest BCUT2D eigenvalue weighted by Gasteiger charge is 2.13. The minimum Gasteiger partial charge on any atom is -0.385 e. The number of primary amides is 1. The van der Waals surface area contributed by atoms with Gasteiger partial charge in [-0.15, -0.1) is 0 Å². The largest absolute Gasteiger partial charge is 0.385 e. The van der Waals surface area contributed by atoms with Crippen LogP contribution in [0.25, 0.3) is 0 Å². The number of carbonyl (C=O) groups is 1. The molecule has 14 heavy (non-hydrogen) atoms. The van der Waals surface area contributed by atoms with Gasteiger partial charge in [0.2, 0.25) is 0 Å². The summed E-state index contributed by atoms with van der Waals surface area (Å²) in [6.07, 6.45) is -1.23. The van der Waals surface area contributed by atoms with Gasteiger partial charge in [0.1, 0.15) is 0 Å². The second-order valence-corrected chi connectivity index (χ2v) is 2.96. The molecule has 0 fully saturated rings. The normalized spacial score (nSPS) is 12.1. The summed E-state index contributed by atoms with van der Waals surface area (Å²) in [5.74, 6) is -0.737. The van der Waals surface area contributed by atoms with Gasteiger partial charge in [0, 0.05) is 12.2 Å². The molecule has 1 rings (SSSR count). The number of hydrogen-bond acceptors (Lipinski definition) is 3. The first-order chi connectivity index (χ1) is 6.65. The fourth-order valence-electron chi connectivity index (χ4n) is 1.19. The maximum Gasteiger partial charge on any atom is 0.250 e. The van der Waals surface area contributed by atoms with E-state index in [9.17, 15) is 9.90 Å². The molecule has 0 saturated heterocycles. The number of amides is 1. The van der Waals surface area contributed by atoms with Crippen molar-refractivity contribution < 1.29 is 9.90 Å². The topological polar surface area (TPSA) is 75.3 Å². The molecule has 1 aromatic rings. The lowest BCUT2D eigenvalue weighted by molar-refractivity contribution is -0.126. The average Bonchev–Trinajstić information content (AvgIpc) is 2.17. The van der Waals surface area contributed by atoms with E-state index < -0.39 is 12.0 Å². The fraction of sp³-hybridized carbons (Fsp3) is 0.300. The summed E-state index contributed by atoms with van der Waals surface area (Å²) in [6, 6.07) is 7.00. The summed E-state index contributed by atoms with van der Waals surface area (Å²) in [6.45, 7) is 2.76. The number of benzene rings is 1. The van der Waals surface area contributed by atoms with Crippen molar-refractivity contribution in [2.75, 3.05) is 11.9 Å². The van der Waals surface area contributed by atoms with Gasteiger partial charge in [0.25, 0.3) is 5.91 Å². The highest BCUT2D eigenvalue weighted by atomic mass is 16.3. The smallest absolute Gasteiger partial charge is 0.250 e. The molecular weight excluding hydrogens is 180 g/mol. The Kier molecular flexibility index (Phi) is 3.48. The monoisotopic (exact) mass is 194 g/mol. The van der Waals surface area contributed by atoms with Crippen LogP contribution in [0, 0.1) is 0 Å². The van der Waals surface area contributed by atoms with Crippen molar-refractivity contribution in [2.45, 2.75) is 13.0 Å². The Morgan fingerprint density at radius 1 is 1.64 bits per heavy atom. The molecule has 0 aliphatic rings. The van der Waals surface area contributed by atoms with Crippen LogP contribution < -0.4 is 11.1 Å². The SMILES string of the molecule is CCNc1cccc(C(O)C(N)=O)c1. The van der Waals surface area contributed by atoms with E-state index >= 15 is 0 Å². The van der Waals surface area contributed by atoms with Crippen molar-refractivity contribution in [1.29, 1.82) is 0 Å². The summed E-state index contributed by atoms with van der Waals surface area (Å²) < 4.78 is 0. The van der Waals surface area contributed by atoms with Crippen LogP contribution in [0.2, 0.25) is 0 Å². The highest BCUT2D eigenvalue weighted by molar-refractivity contribution is 5.80. The maximum absolute atomic E-state index is 10.7. The Labute approximate surface area is 82.7 Å². The van der Waals surface area contributed by atoms with Gasteiger partial charge in [-0.1, -0.05) is 12.1 Å². The zero-order valence-electron chi connectivity index (χ0n) is 8.03. The molecule has 0 radical (unpaired) electrons. The second-order valence-electron chi connectivity index (χ2n) is 2.96. The molecular formula is C10H14N2O2. The molecule has 0 bridgehead atoms. The lowest BCUT2D eigenvalue weighted by Crippen LogP contribution is -2.20. The molecule has 4 heteroatoms. The number of hydrogen-bond donors (Lipinski definition) is 3. The quantitative estimate of drug-likeness (QED) is 0.658. The molecule has 1 unspecified atom stereocenters. The first-order valence-corrected chi connectivity index (χ1v) is 4.46. The Morgan fingerprint density at radius 3 is 2.93 bits per heavy atom. The van der Waals surface area contributed by atoms with Gasteiger partial charge in [0.15, 0.2) is 6.10 Å². The average molecular weight is 194 g/mol. The van der Waals surface area contributed by atoms with E-state index in [-0.39, 0.29) is 0 Å². The van der Waals surface area contributed by atoms with Gasteiger partial charge in [-0.25, -0.2) is 0 Å². The first kappa shape index (κ1) is 10.5. The molecule has 0 aromatic heterocycles. The summed E-state index contributed by atoms with van der Waals surface area (Å²) in [5.41, 5.74) is 6.36. The lowest BCUT2D eigenvalue weighted by Gasteiger charge is -2.09. The van der Waals surface area contributed by atoms with Crippen molar-refractivity contribution in [1.82, 2.24) is 0 Å². The zero-order chi connectivity index (χ0) is 10.6. The second kappa shape index (κ2) is 4.62. The summed E-state index contributed by atoms with van der Waals surface area (Å²) in [7, 11) is 0. The predicted molar refractivity (Wildman–Crippen MR) is 54.8 cm³/mol. The minimum absolute atomic E-state index is 0.510. The van der Waals surface area contributed by atoms with Crippen LogP contribution in [0.4, 0.5) is 5.69 Å². The van der Waals surface area contributed by atoms with Crippen molar-refractivity contribution >= 4 is 11.6 Å². The van der Waals surface area contributed by atoms with E-state index in [1.165, 1.54) is 0 Å². The van der Waals surface area contributed by atoms with Gasteiger partial charge in [-0.3, -0.25) is 4.79 Å². The third-order valence-electron chi connectivity index (χ3n) is 1.85. The van der Waals surface area contributed by atoms with Gasteiger partial charge < -0.3 is 16.2 Å². The van der Waals surface area contributed by atoms with Crippen LogP contribution in [0.15, 0.2) is 24.3 Å². The van der Waals surface area contributed by atoms with Crippen molar-refractivity contribution in [3.05, 3.63) is 29.8 Å². The number of aliphatic hydroxyl groups excluding tert-OH is 1. The molecule has 0 spiro atoms. The van der Waals surface area contributed by atoms with Crippen molar-refractivity contribution in [2.24, 2.45) is 5.73 Å². The number of aliphatic hydroxyl groups is 1. The maximum atomic E-state index is 10.7. The van der Waals surface area contributed by atoms with Gasteiger partial charge in [-0.2, -0.15) is 0 Å². The number of nitrogens with one attached hydrogen (secondary N) is 1. The van der Waals surface area contributed by atoms with Crippen LogP contribution in [0.3, 0.4) is 0 Å². The third-order valence-corrected chi connectivity index (χ3v) is 1.85. The van der Waals surface area contributed by atoms with E-state index in [2.05, 4.69) is 5.32 Å². The molecule has 1 amide bonds. The van der Waals surface area contributed by atoms with Gasteiger partial charge in [0.05, 0.1) is 0 Å².